The van der Waals surface area contributed by atoms with Crippen molar-refractivity contribution in [3.63, 3.8) is 0 Å². The third kappa shape index (κ3) is 1.79. The number of methoxy groups -OCH3 is 1. The highest BCUT2D eigenvalue weighted by Crippen LogP contribution is 2.24. The molecule has 0 aromatic carbocycles. The molecular formula is C10H14FNO. The maximum atomic E-state index is 13.6. The van der Waals surface area contributed by atoms with E-state index in [9.17, 15) is 4.39 Å². The summed E-state index contributed by atoms with van der Waals surface area (Å²) in [5.74, 6) is 0.348. The summed E-state index contributed by atoms with van der Waals surface area (Å²) in [6.07, 6.45) is 1.56. The number of hydrogen-bond acceptors (Lipinski definition) is 2. The third-order valence-electron chi connectivity index (χ3n) is 2.01. The third-order valence-corrected chi connectivity index (χ3v) is 2.01. The van der Waals surface area contributed by atoms with Crippen molar-refractivity contribution in [1.29, 1.82) is 0 Å². The number of aromatic nitrogens is 1. The molecule has 0 amide bonds. The predicted molar refractivity (Wildman–Crippen MR) is 49.6 cm³/mol. The Balaban J connectivity index is 3.23. The van der Waals surface area contributed by atoms with Crippen LogP contribution in [-0.2, 0) is 0 Å². The molecule has 3 heteroatoms. The number of hydrogen-bond donors (Lipinski definition) is 0. The van der Waals surface area contributed by atoms with E-state index in [0.29, 0.717) is 17.0 Å². The largest absolute Gasteiger partial charge is 0.495 e. The molecule has 0 radical (unpaired) electrons. The second-order valence-electron chi connectivity index (χ2n) is 3.31. The summed E-state index contributed by atoms with van der Waals surface area (Å²) in [6, 6.07) is 0. The molecule has 0 atom stereocenters. The highest BCUT2D eigenvalue weighted by Gasteiger charge is 2.13. The maximum Gasteiger partial charge on any atom is 0.151 e. The smallest absolute Gasteiger partial charge is 0.151 e. The lowest BCUT2D eigenvalue weighted by molar-refractivity contribution is 0.402. The Bertz CT molecular complexity index is 310. The van der Waals surface area contributed by atoms with Crippen LogP contribution in [0, 0.1) is 12.7 Å². The van der Waals surface area contributed by atoms with Crippen LogP contribution in [0.25, 0.3) is 0 Å². The fourth-order valence-electron chi connectivity index (χ4n) is 1.19. The van der Waals surface area contributed by atoms with Crippen molar-refractivity contribution in [2.45, 2.75) is 26.7 Å². The predicted octanol–water partition coefficient (Wildman–Crippen LogP) is 2.66. The van der Waals surface area contributed by atoms with E-state index in [1.165, 1.54) is 7.11 Å². The van der Waals surface area contributed by atoms with E-state index in [0.717, 1.165) is 0 Å². The average Bonchev–Trinajstić information content (AvgIpc) is 2.09. The molecule has 1 aromatic rings. The molecule has 13 heavy (non-hydrogen) atoms. The van der Waals surface area contributed by atoms with Crippen molar-refractivity contribution in [3.05, 3.63) is 23.3 Å². The Kier molecular flexibility index (Phi) is 2.86. The molecule has 0 bridgehead atoms. The Labute approximate surface area is 77.8 Å². The number of halogens is 1. The van der Waals surface area contributed by atoms with Crippen LogP contribution in [0.5, 0.6) is 5.75 Å². The van der Waals surface area contributed by atoms with Crippen LogP contribution in [0.4, 0.5) is 4.39 Å². The zero-order valence-corrected chi connectivity index (χ0v) is 8.39. The molecule has 0 fully saturated rings. The van der Waals surface area contributed by atoms with Gasteiger partial charge in [0, 0.05) is 5.56 Å². The Hall–Kier alpha value is -1.12. The van der Waals surface area contributed by atoms with Crippen molar-refractivity contribution in [3.8, 4) is 5.75 Å². The number of ether oxygens (including phenoxy) is 1. The molecule has 1 rings (SSSR count). The van der Waals surface area contributed by atoms with Crippen molar-refractivity contribution in [2.75, 3.05) is 7.11 Å². The van der Waals surface area contributed by atoms with E-state index in [2.05, 4.69) is 4.98 Å². The lowest BCUT2D eigenvalue weighted by Crippen LogP contribution is -2.01. The fraction of sp³-hybridized carbons (Fsp3) is 0.500. The molecule has 0 aliphatic rings. The highest BCUT2D eigenvalue weighted by molar-refractivity contribution is 5.33. The van der Waals surface area contributed by atoms with Gasteiger partial charge in [-0.15, -0.1) is 0 Å². The van der Waals surface area contributed by atoms with Crippen LogP contribution in [-0.4, -0.2) is 12.1 Å². The van der Waals surface area contributed by atoms with E-state index in [1.54, 1.807) is 13.1 Å². The Morgan fingerprint density at radius 3 is 2.54 bits per heavy atom. The molecule has 0 saturated carbocycles. The normalized spacial score (nSPS) is 10.6. The Morgan fingerprint density at radius 2 is 2.08 bits per heavy atom. The standard InChI is InChI=1S/C10H14FNO/c1-6(2)10-9(11)7(3)8(13-4)5-12-10/h5-6H,1-4H3. The molecule has 0 aliphatic carbocycles. The van der Waals surface area contributed by atoms with Gasteiger partial charge in [0.15, 0.2) is 5.82 Å². The summed E-state index contributed by atoms with van der Waals surface area (Å²) in [6.45, 7) is 5.52. The molecule has 0 N–H and O–H groups in total. The first-order chi connectivity index (χ1) is 6.07. The second kappa shape index (κ2) is 3.73. The van der Waals surface area contributed by atoms with Gasteiger partial charge in [-0.1, -0.05) is 13.8 Å². The van der Waals surface area contributed by atoms with Crippen LogP contribution < -0.4 is 4.74 Å². The van der Waals surface area contributed by atoms with Gasteiger partial charge in [0.1, 0.15) is 5.75 Å². The summed E-state index contributed by atoms with van der Waals surface area (Å²) in [5.41, 5.74) is 1.03. The molecule has 0 saturated heterocycles. The lowest BCUT2D eigenvalue weighted by atomic mass is 10.1. The second-order valence-corrected chi connectivity index (χ2v) is 3.31. The van der Waals surface area contributed by atoms with Gasteiger partial charge >= 0.3 is 0 Å². The van der Waals surface area contributed by atoms with Gasteiger partial charge in [-0.3, -0.25) is 4.98 Å². The van der Waals surface area contributed by atoms with Crippen LogP contribution in [0.15, 0.2) is 6.20 Å². The van der Waals surface area contributed by atoms with Crippen molar-refractivity contribution < 1.29 is 9.13 Å². The summed E-state index contributed by atoms with van der Waals surface area (Å²) >= 11 is 0. The SMILES string of the molecule is COc1cnc(C(C)C)c(F)c1C. The average molecular weight is 183 g/mol. The quantitative estimate of drug-likeness (QED) is 0.703. The minimum Gasteiger partial charge on any atom is -0.495 e. The molecular weight excluding hydrogens is 169 g/mol. The summed E-state index contributed by atoms with van der Waals surface area (Å²) < 4.78 is 18.5. The fourth-order valence-corrected chi connectivity index (χ4v) is 1.19. The molecule has 72 valence electrons. The van der Waals surface area contributed by atoms with Gasteiger partial charge < -0.3 is 4.74 Å². The van der Waals surface area contributed by atoms with Gasteiger partial charge in [-0.2, -0.15) is 0 Å². The molecule has 1 heterocycles. The summed E-state index contributed by atoms with van der Waals surface area (Å²) in [4.78, 5) is 4.01. The summed E-state index contributed by atoms with van der Waals surface area (Å²) in [5, 5.41) is 0. The highest BCUT2D eigenvalue weighted by atomic mass is 19.1. The number of pyridine rings is 1. The summed E-state index contributed by atoms with van der Waals surface area (Å²) in [7, 11) is 1.51. The molecule has 1 aromatic heterocycles. The van der Waals surface area contributed by atoms with Gasteiger partial charge in [0.2, 0.25) is 0 Å². The van der Waals surface area contributed by atoms with Gasteiger partial charge in [-0.25, -0.2) is 4.39 Å². The van der Waals surface area contributed by atoms with Crippen LogP contribution in [0.3, 0.4) is 0 Å². The maximum absolute atomic E-state index is 13.6. The van der Waals surface area contributed by atoms with E-state index < -0.39 is 0 Å². The van der Waals surface area contributed by atoms with Crippen molar-refractivity contribution >= 4 is 0 Å². The van der Waals surface area contributed by atoms with Crippen molar-refractivity contribution in [1.82, 2.24) is 4.98 Å². The minimum absolute atomic E-state index is 0.101. The van der Waals surface area contributed by atoms with Gasteiger partial charge in [-0.05, 0) is 12.8 Å². The number of nitrogens with zero attached hydrogens (tertiary/aromatic N) is 1. The van der Waals surface area contributed by atoms with E-state index >= 15 is 0 Å². The number of rotatable bonds is 2. The molecule has 0 unspecified atom stereocenters. The first-order valence-electron chi connectivity index (χ1n) is 4.27. The van der Waals surface area contributed by atoms with E-state index in [4.69, 9.17) is 4.74 Å². The monoisotopic (exact) mass is 183 g/mol. The molecule has 2 nitrogen and oxygen atoms in total. The van der Waals surface area contributed by atoms with Crippen LogP contribution in [0.1, 0.15) is 31.0 Å². The van der Waals surface area contributed by atoms with Gasteiger partial charge in [0.05, 0.1) is 19.0 Å². The zero-order chi connectivity index (χ0) is 10.0. The first-order valence-corrected chi connectivity index (χ1v) is 4.27. The lowest BCUT2D eigenvalue weighted by Gasteiger charge is -2.10. The molecule has 0 aliphatic heterocycles. The van der Waals surface area contributed by atoms with E-state index in [1.807, 2.05) is 13.8 Å². The topological polar surface area (TPSA) is 22.1 Å². The van der Waals surface area contributed by atoms with E-state index in [-0.39, 0.29) is 11.7 Å². The Morgan fingerprint density at radius 1 is 1.46 bits per heavy atom. The molecule has 0 spiro atoms. The van der Waals surface area contributed by atoms with Crippen molar-refractivity contribution in [2.24, 2.45) is 0 Å². The minimum atomic E-state index is -0.255. The van der Waals surface area contributed by atoms with Crippen LogP contribution >= 0.6 is 0 Å². The first kappa shape index (κ1) is 9.96. The van der Waals surface area contributed by atoms with Crippen LogP contribution in [0.2, 0.25) is 0 Å². The van der Waals surface area contributed by atoms with Gasteiger partial charge in [0.25, 0.3) is 0 Å². The zero-order valence-electron chi connectivity index (χ0n) is 8.39.